The van der Waals surface area contributed by atoms with Crippen molar-refractivity contribution in [2.45, 2.75) is 51.7 Å². The zero-order valence-electron chi connectivity index (χ0n) is 12.2. The van der Waals surface area contributed by atoms with Crippen molar-refractivity contribution in [1.82, 2.24) is 5.32 Å². The molecule has 1 unspecified atom stereocenters. The third kappa shape index (κ3) is 3.87. The van der Waals surface area contributed by atoms with E-state index in [-0.39, 0.29) is 6.10 Å². The highest BCUT2D eigenvalue weighted by atomic mass is 16.5. The van der Waals surface area contributed by atoms with Crippen molar-refractivity contribution in [2.24, 2.45) is 0 Å². The summed E-state index contributed by atoms with van der Waals surface area (Å²) in [6, 6.07) is 6.60. The molecule has 1 N–H and O–H groups in total. The van der Waals surface area contributed by atoms with Gasteiger partial charge in [-0.2, -0.15) is 0 Å². The number of hydrogen-bond donors (Lipinski definition) is 1. The Morgan fingerprint density at radius 3 is 2.68 bits per heavy atom. The predicted octanol–water partition coefficient (Wildman–Crippen LogP) is 3.17. The Bertz CT molecular complexity index is 398. The van der Waals surface area contributed by atoms with Gasteiger partial charge < -0.3 is 14.8 Å². The summed E-state index contributed by atoms with van der Waals surface area (Å²) < 4.78 is 11.4. The Kier molecular flexibility index (Phi) is 5.08. The lowest BCUT2D eigenvalue weighted by Crippen LogP contribution is -2.35. The van der Waals surface area contributed by atoms with E-state index >= 15 is 0 Å². The molecular formula is C16H25NO2. The van der Waals surface area contributed by atoms with Crippen molar-refractivity contribution < 1.29 is 9.47 Å². The highest BCUT2D eigenvalue weighted by Gasteiger charge is 2.19. The highest BCUT2D eigenvalue weighted by molar-refractivity contribution is 5.45. The summed E-state index contributed by atoms with van der Waals surface area (Å²) in [5.41, 5.74) is 1.19. The second-order valence-electron chi connectivity index (χ2n) is 5.45. The van der Waals surface area contributed by atoms with Crippen molar-refractivity contribution in [3.8, 4) is 11.5 Å². The van der Waals surface area contributed by atoms with Gasteiger partial charge >= 0.3 is 0 Å². The molecule has 19 heavy (non-hydrogen) atoms. The maximum absolute atomic E-state index is 5.92. The zero-order chi connectivity index (χ0) is 13.7. The maximum atomic E-state index is 5.92. The highest BCUT2D eigenvalue weighted by Crippen LogP contribution is 2.31. The Labute approximate surface area is 116 Å². The summed E-state index contributed by atoms with van der Waals surface area (Å²) in [7, 11) is 1.73. The Balaban J connectivity index is 2.18. The average molecular weight is 263 g/mol. The Morgan fingerprint density at radius 2 is 2.05 bits per heavy atom. The van der Waals surface area contributed by atoms with Gasteiger partial charge in [-0.15, -0.1) is 0 Å². The third-order valence-corrected chi connectivity index (χ3v) is 3.54. The molecule has 0 aliphatic carbocycles. The first-order valence-corrected chi connectivity index (χ1v) is 7.26. The maximum Gasteiger partial charge on any atom is 0.126 e. The summed E-state index contributed by atoms with van der Waals surface area (Å²) in [5.74, 6) is 1.90. The van der Waals surface area contributed by atoms with Crippen molar-refractivity contribution in [2.75, 3.05) is 13.7 Å². The molecule has 2 rings (SSSR count). The molecule has 1 aromatic carbocycles. The lowest BCUT2D eigenvalue weighted by Gasteiger charge is -2.25. The molecule has 1 aromatic rings. The molecule has 1 aliphatic rings. The molecule has 1 heterocycles. The Morgan fingerprint density at radius 1 is 1.26 bits per heavy atom. The van der Waals surface area contributed by atoms with Gasteiger partial charge in [0.1, 0.15) is 11.5 Å². The fourth-order valence-electron chi connectivity index (χ4n) is 2.65. The van der Waals surface area contributed by atoms with Gasteiger partial charge in [-0.25, -0.2) is 0 Å². The van der Waals surface area contributed by atoms with E-state index in [0.29, 0.717) is 6.04 Å². The van der Waals surface area contributed by atoms with Crippen molar-refractivity contribution >= 4 is 0 Å². The first kappa shape index (κ1) is 14.2. The van der Waals surface area contributed by atoms with Crippen LogP contribution in [0, 0.1) is 0 Å². The van der Waals surface area contributed by atoms with Gasteiger partial charge in [0.25, 0.3) is 0 Å². The van der Waals surface area contributed by atoms with E-state index in [1.807, 2.05) is 18.2 Å². The van der Waals surface area contributed by atoms with Gasteiger partial charge in [0.05, 0.1) is 13.2 Å². The van der Waals surface area contributed by atoms with Gasteiger partial charge in [-0.05, 0) is 51.8 Å². The van der Waals surface area contributed by atoms with Crippen LogP contribution in [0.25, 0.3) is 0 Å². The normalized spacial score (nSPS) is 19.5. The van der Waals surface area contributed by atoms with Crippen LogP contribution in [-0.4, -0.2) is 25.8 Å². The van der Waals surface area contributed by atoms with Crippen molar-refractivity contribution in [1.29, 1.82) is 0 Å². The molecule has 0 bridgehead atoms. The standard InChI is InChI=1S/C16H25NO2/c1-12(2)19-16-9-6-8-15(18-3)14(16)11-13-7-4-5-10-17-13/h6,8-9,12-13,17H,4-5,7,10-11H2,1-3H3. The van der Waals surface area contributed by atoms with Crippen LogP contribution in [-0.2, 0) is 6.42 Å². The lowest BCUT2D eigenvalue weighted by molar-refractivity contribution is 0.237. The molecule has 1 aliphatic heterocycles. The fourth-order valence-corrected chi connectivity index (χ4v) is 2.65. The smallest absolute Gasteiger partial charge is 0.126 e. The van der Waals surface area contributed by atoms with Gasteiger partial charge in [0, 0.05) is 11.6 Å². The van der Waals surface area contributed by atoms with Gasteiger partial charge in [-0.3, -0.25) is 0 Å². The molecule has 3 heteroatoms. The lowest BCUT2D eigenvalue weighted by atomic mass is 9.96. The summed E-state index contributed by atoms with van der Waals surface area (Å²) in [5, 5.41) is 3.59. The van der Waals surface area contributed by atoms with Crippen molar-refractivity contribution in [3.63, 3.8) is 0 Å². The third-order valence-electron chi connectivity index (χ3n) is 3.54. The minimum absolute atomic E-state index is 0.185. The van der Waals surface area contributed by atoms with Crippen LogP contribution >= 0.6 is 0 Å². The quantitative estimate of drug-likeness (QED) is 0.885. The van der Waals surface area contributed by atoms with Gasteiger partial charge in [0.15, 0.2) is 0 Å². The van der Waals surface area contributed by atoms with Gasteiger partial charge in [0.2, 0.25) is 0 Å². The summed E-state index contributed by atoms with van der Waals surface area (Å²) in [6.07, 6.45) is 5.00. The molecular weight excluding hydrogens is 238 g/mol. The fraction of sp³-hybridized carbons (Fsp3) is 0.625. The van der Waals surface area contributed by atoms with Crippen LogP contribution in [0.4, 0.5) is 0 Å². The first-order valence-electron chi connectivity index (χ1n) is 7.26. The van der Waals surface area contributed by atoms with E-state index in [2.05, 4.69) is 19.2 Å². The van der Waals surface area contributed by atoms with E-state index in [1.54, 1.807) is 7.11 Å². The zero-order valence-corrected chi connectivity index (χ0v) is 12.2. The number of nitrogens with one attached hydrogen (secondary N) is 1. The van der Waals surface area contributed by atoms with Crippen LogP contribution in [0.5, 0.6) is 11.5 Å². The molecule has 0 radical (unpaired) electrons. The molecule has 1 fully saturated rings. The van der Waals surface area contributed by atoms with Crippen LogP contribution in [0.2, 0.25) is 0 Å². The minimum Gasteiger partial charge on any atom is -0.496 e. The average Bonchev–Trinajstić information content (AvgIpc) is 2.41. The summed E-state index contributed by atoms with van der Waals surface area (Å²) in [6.45, 7) is 5.24. The number of ether oxygens (including phenoxy) is 2. The van der Waals surface area contributed by atoms with E-state index in [1.165, 1.54) is 24.8 Å². The topological polar surface area (TPSA) is 30.5 Å². The molecule has 3 nitrogen and oxygen atoms in total. The SMILES string of the molecule is COc1cccc(OC(C)C)c1CC1CCCCN1. The van der Waals surface area contributed by atoms with E-state index in [4.69, 9.17) is 9.47 Å². The molecule has 1 saturated heterocycles. The van der Waals surface area contributed by atoms with Crippen LogP contribution in [0.3, 0.4) is 0 Å². The molecule has 0 aromatic heterocycles. The van der Waals surface area contributed by atoms with Gasteiger partial charge in [-0.1, -0.05) is 12.5 Å². The number of methoxy groups -OCH3 is 1. The number of hydrogen-bond acceptors (Lipinski definition) is 3. The minimum atomic E-state index is 0.185. The predicted molar refractivity (Wildman–Crippen MR) is 78.1 cm³/mol. The van der Waals surface area contributed by atoms with E-state index in [0.717, 1.165) is 24.5 Å². The van der Waals surface area contributed by atoms with E-state index < -0.39 is 0 Å². The Hall–Kier alpha value is -1.22. The largest absolute Gasteiger partial charge is 0.496 e. The number of rotatable bonds is 5. The molecule has 0 spiro atoms. The summed E-state index contributed by atoms with van der Waals surface area (Å²) >= 11 is 0. The molecule has 106 valence electrons. The molecule has 0 amide bonds. The second-order valence-corrected chi connectivity index (χ2v) is 5.45. The monoisotopic (exact) mass is 263 g/mol. The van der Waals surface area contributed by atoms with Crippen LogP contribution in [0.15, 0.2) is 18.2 Å². The number of benzene rings is 1. The molecule has 1 atom stereocenters. The second kappa shape index (κ2) is 6.80. The van der Waals surface area contributed by atoms with Crippen LogP contribution < -0.4 is 14.8 Å². The van der Waals surface area contributed by atoms with Crippen LogP contribution in [0.1, 0.15) is 38.7 Å². The first-order chi connectivity index (χ1) is 9.20. The molecule has 0 saturated carbocycles. The summed E-state index contributed by atoms with van der Waals surface area (Å²) in [4.78, 5) is 0. The van der Waals surface area contributed by atoms with Crippen molar-refractivity contribution in [3.05, 3.63) is 23.8 Å². The number of piperidine rings is 1. The van der Waals surface area contributed by atoms with E-state index in [9.17, 15) is 0 Å².